The number of carboxylic acids is 2. The number of amides is 2. The predicted octanol–water partition coefficient (Wildman–Crippen LogP) is 7.74. The normalized spacial score (nSPS) is 12.5. The lowest BCUT2D eigenvalue weighted by atomic mass is 10.0. The molecule has 10 heteroatoms. The van der Waals surface area contributed by atoms with Crippen LogP contribution in [0.1, 0.15) is 149 Å². The molecule has 0 radical (unpaired) electrons. The fourth-order valence-corrected chi connectivity index (χ4v) is 6.68. The van der Waals surface area contributed by atoms with E-state index in [0.717, 1.165) is 32.1 Å². The van der Waals surface area contributed by atoms with Crippen molar-refractivity contribution in [2.24, 2.45) is 0 Å². The highest BCUT2D eigenvalue weighted by atomic mass is 33.1. The molecule has 0 heterocycles. The average molecular weight is 619 g/mol. The van der Waals surface area contributed by atoms with E-state index in [1.165, 1.54) is 98.6 Å². The molecule has 0 aliphatic heterocycles. The number of unbranched alkanes of at least 4 members (excludes halogenated alkanes) is 15. The van der Waals surface area contributed by atoms with Gasteiger partial charge in [0.05, 0.1) is 0 Å². The van der Waals surface area contributed by atoms with Crippen molar-refractivity contribution in [2.75, 3.05) is 11.5 Å². The van der Waals surface area contributed by atoms with Crippen LogP contribution in [0.2, 0.25) is 0 Å². The fourth-order valence-electron chi connectivity index (χ4n) is 4.49. The molecule has 2 atom stereocenters. The molecule has 2 unspecified atom stereocenters. The first kappa shape index (κ1) is 39.6. The summed E-state index contributed by atoms with van der Waals surface area (Å²) in [6, 6.07) is -1.84. The number of hydrogen-bond acceptors (Lipinski definition) is 6. The molecule has 0 aromatic rings. The van der Waals surface area contributed by atoms with Crippen LogP contribution in [0.4, 0.5) is 0 Å². The summed E-state index contributed by atoms with van der Waals surface area (Å²) in [7, 11) is 2.89. The monoisotopic (exact) mass is 618 g/mol. The molecule has 41 heavy (non-hydrogen) atoms. The zero-order valence-electron chi connectivity index (χ0n) is 25.8. The molecule has 0 aliphatic rings. The van der Waals surface area contributed by atoms with Crippen molar-refractivity contribution >= 4 is 45.3 Å². The molecule has 0 fully saturated rings. The Morgan fingerprint density at radius 3 is 1.17 bits per heavy atom. The summed E-state index contributed by atoms with van der Waals surface area (Å²) < 4.78 is 0. The highest BCUT2D eigenvalue weighted by molar-refractivity contribution is 8.76. The second-order valence-electron chi connectivity index (χ2n) is 10.9. The Kier molecular flexibility index (Phi) is 27.7. The van der Waals surface area contributed by atoms with E-state index in [0.29, 0.717) is 37.2 Å². The third-order valence-corrected chi connectivity index (χ3v) is 9.57. The third-order valence-electron chi connectivity index (χ3n) is 7.09. The smallest absolute Gasteiger partial charge is 0.326 e. The molecule has 0 saturated carbocycles. The number of rotatable bonds is 30. The van der Waals surface area contributed by atoms with Crippen molar-refractivity contribution in [2.45, 2.75) is 161 Å². The standard InChI is InChI=1S/C31H58N2O6S2/c1-3-5-7-8-9-10-11-12-13-14-15-16-17-18-19-21-29(35)33-27(31(38)39)23-25-41-40-24-22-26(30(36)37)32-28(34)20-6-4-2/h26-27H,3-25H2,1-2H3,(H,32,34)(H,33,35)(H,36,37)(H,38,39). The molecular weight excluding hydrogens is 560 g/mol. The highest BCUT2D eigenvalue weighted by Crippen LogP contribution is 2.24. The van der Waals surface area contributed by atoms with E-state index < -0.39 is 24.0 Å². The van der Waals surface area contributed by atoms with Gasteiger partial charge in [0.2, 0.25) is 11.8 Å². The number of carboxylic acid groups (broad SMARTS) is 2. The molecule has 0 aromatic heterocycles. The minimum atomic E-state index is -1.05. The maximum Gasteiger partial charge on any atom is 0.326 e. The Balaban J connectivity index is 3.82. The van der Waals surface area contributed by atoms with Crippen LogP contribution in [0.15, 0.2) is 0 Å². The van der Waals surface area contributed by atoms with Crippen molar-refractivity contribution in [3.05, 3.63) is 0 Å². The van der Waals surface area contributed by atoms with Gasteiger partial charge in [-0.05, 0) is 25.7 Å². The maximum atomic E-state index is 12.2. The van der Waals surface area contributed by atoms with Gasteiger partial charge in [-0.15, -0.1) is 0 Å². The molecule has 0 aliphatic carbocycles. The van der Waals surface area contributed by atoms with E-state index in [4.69, 9.17) is 0 Å². The summed E-state index contributed by atoms with van der Waals surface area (Å²) in [5, 5.41) is 24.0. The number of aliphatic carboxylic acids is 2. The van der Waals surface area contributed by atoms with Crippen molar-refractivity contribution in [3.8, 4) is 0 Å². The molecule has 2 amide bonds. The molecule has 8 nitrogen and oxygen atoms in total. The van der Waals surface area contributed by atoms with Gasteiger partial charge in [0.1, 0.15) is 12.1 Å². The molecular formula is C31H58N2O6S2. The van der Waals surface area contributed by atoms with Crippen LogP contribution >= 0.6 is 21.6 Å². The second-order valence-corrected chi connectivity index (χ2v) is 13.6. The van der Waals surface area contributed by atoms with Crippen LogP contribution in [0, 0.1) is 0 Å². The van der Waals surface area contributed by atoms with E-state index >= 15 is 0 Å². The van der Waals surface area contributed by atoms with Gasteiger partial charge in [-0.2, -0.15) is 0 Å². The average Bonchev–Trinajstić information content (AvgIpc) is 2.94. The van der Waals surface area contributed by atoms with E-state index in [1.807, 2.05) is 6.92 Å². The Labute approximate surface area is 257 Å². The van der Waals surface area contributed by atoms with E-state index in [2.05, 4.69) is 17.6 Å². The molecule has 240 valence electrons. The minimum Gasteiger partial charge on any atom is -0.480 e. The first-order valence-corrected chi connectivity index (χ1v) is 18.6. The summed E-state index contributed by atoms with van der Waals surface area (Å²) in [6.07, 6.45) is 21.8. The van der Waals surface area contributed by atoms with Gasteiger partial charge < -0.3 is 20.8 Å². The zero-order valence-corrected chi connectivity index (χ0v) is 27.4. The molecule has 0 bridgehead atoms. The van der Waals surface area contributed by atoms with E-state index in [1.54, 1.807) is 0 Å². The van der Waals surface area contributed by atoms with Crippen molar-refractivity contribution < 1.29 is 29.4 Å². The second kappa shape index (κ2) is 28.7. The number of hydrogen-bond donors (Lipinski definition) is 4. The topological polar surface area (TPSA) is 133 Å². The van der Waals surface area contributed by atoms with Crippen LogP contribution in [0.3, 0.4) is 0 Å². The van der Waals surface area contributed by atoms with Crippen LogP contribution in [0.25, 0.3) is 0 Å². The van der Waals surface area contributed by atoms with Gasteiger partial charge in [0, 0.05) is 24.3 Å². The third kappa shape index (κ3) is 26.0. The van der Waals surface area contributed by atoms with Gasteiger partial charge in [-0.1, -0.05) is 132 Å². The number of carbonyl (C=O) groups excluding carboxylic acids is 2. The van der Waals surface area contributed by atoms with E-state index in [9.17, 15) is 29.4 Å². The van der Waals surface area contributed by atoms with Gasteiger partial charge >= 0.3 is 11.9 Å². The van der Waals surface area contributed by atoms with Gasteiger partial charge in [0.25, 0.3) is 0 Å². The van der Waals surface area contributed by atoms with Crippen molar-refractivity contribution in [1.29, 1.82) is 0 Å². The maximum absolute atomic E-state index is 12.2. The molecule has 0 spiro atoms. The summed E-state index contributed by atoms with van der Waals surface area (Å²) in [6.45, 7) is 4.22. The lowest BCUT2D eigenvalue weighted by Crippen LogP contribution is -2.41. The lowest BCUT2D eigenvalue weighted by Gasteiger charge is -2.15. The summed E-state index contributed by atoms with van der Waals surface area (Å²) in [5.74, 6) is -1.53. The summed E-state index contributed by atoms with van der Waals surface area (Å²) >= 11 is 0. The SMILES string of the molecule is CCCCCCCCCCCCCCCCCC(=O)NC(CCSSCCC(NC(=O)CCCC)C(=O)O)C(=O)O. The van der Waals surface area contributed by atoms with Crippen LogP contribution in [-0.4, -0.2) is 57.6 Å². The number of nitrogens with one attached hydrogen (secondary N) is 2. The first-order chi connectivity index (χ1) is 19.8. The number of carbonyl (C=O) groups is 4. The molecule has 4 N–H and O–H groups in total. The van der Waals surface area contributed by atoms with Crippen molar-refractivity contribution in [1.82, 2.24) is 10.6 Å². The Morgan fingerprint density at radius 2 is 0.829 bits per heavy atom. The van der Waals surface area contributed by atoms with Crippen LogP contribution in [0.5, 0.6) is 0 Å². The largest absolute Gasteiger partial charge is 0.480 e. The molecule has 0 saturated heterocycles. The fraction of sp³-hybridized carbons (Fsp3) is 0.871. The highest BCUT2D eigenvalue weighted by Gasteiger charge is 2.21. The first-order valence-electron chi connectivity index (χ1n) is 16.1. The van der Waals surface area contributed by atoms with Gasteiger partial charge in [-0.3, -0.25) is 9.59 Å². The van der Waals surface area contributed by atoms with Gasteiger partial charge in [-0.25, -0.2) is 9.59 Å². The van der Waals surface area contributed by atoms with E-state index in [-0.39, 0.29) is 11.8 Å². The Hall–Kier alpha value is -1.42. The predicted molar refractivity (Wildman–Crippen MR) is 172 cm³/mol. The Bertz CT molecular complexity index is 696. The van der Waals surface area contributed by atoms with Gasteiger partial charge in [0.15, 0.2) is 0 Å². The van der Waals surface area contributed by atoms with Crippen molar-refractivity contribution in [3.63, 3.8) is 0 Å². The van der Waals surface area contributed by atoms with Crippen LogP contribution < -0.4 is 10.6 Å². The molecule has 0 rings (SSSR count). The summed E-state index contributed by atoms with van der Waals surface area (Å²) in [4.78, 5) is 47.0. The summed E-state index contributed by atoms with van der Waals surface area (Å²) in [5.41, 5.74) is 0. The molecule has 0 aromatic carbocycles. The minimum absolute atomic E-state index is 0.215. The lowest BCUT2D eigenvalue weighted by molar-refractivity contribution is -0.142. The quantitative estimate of drug-likeness (QED) is 0.0475. The zero-order chi connectivity index (χ0) is 30.6. The van der Waals surface area contributed by atoms with Crippen LogP contribution in [-0.2, 0) is 19.2 Å². The Morgan fingerprint density at radius 1 is 0.512 bits per heavy atom.